The van der Waals surface area contributed by atoms with Crippen molar-refractivity contribution >= 4 is 29.4 Å². The molecule has 4 atom stereocenters. The Balaban J connectivity index is 2.12. The van der Waals surface area contributed by atoms with E-state index >= 15 is 0 Å². The molecule has 8 heteroatoms. The van der Waals surface area contributed by atoms with Crippen LogP contribution in [0.2, 0.25) is 5.02 Å². The molecule has 2 N–H and O–H groups in total. The quantitative estimate of drug-likeness (QED) is 0.592. The van der Waals surface area contributed by atoms with Crippen molar-refractivity contribution in [2.24, 2.45) is 11.8 Å². The summed E-state index contributed by atoms with van der Waals surface area (Å²) in [5.41, 5.74) is -0.952. The molecule has 2 aliphatic heterocycles. The van der Waals surface area contributed by atoms with Gasteiger partial charge in [-0.2, -0.15) is 0 Å². The Morgan fingerprint density at radius 1 is 1.33 bits per heavy atom. The number of benzene rings is 1. The van der Waals surface area contributed by atoms with Crippen molar-refractivity contribution < 1.29 is 24.2 Å². The van der Waals surface area contributed by atoms with E-state index in [4.69, 9.17) is 16.3 Å². The number of imide groups is 1. The van der Waals surface area contributed by atoms with Gasteiger partial charge in [0.2, 0.25) is 11.8 Å². The van der Waals surface area contributed by atoms with Gasteiger partial charge >= 0.3 is 5.97 Å². The Bertz CT molecular complexity index is 707. The lowest BCUT2D eigenvalue weighted by Crippen LogP contribution is -2.58. The van der Waals surface area contributed by atoms with Crippen LogP contribution < -0.4 is 5.32 Å². The molecule has 0 unspecified atom stereocenters. The number of nitrogens with one attached hydrogen (secondary N) is 1. The van der Waals surface area contributed by atoms with Crippen molar-refractivity contribution in [3.63, 3.8) is 0 Å². The van der Waals surface area contributed by atoms with Crippen LogP contribution in [0.25, 0.3) is 0 Å². The van der Waals surface area contributed by atoms with Crippen LogP contribution in [0.15, 0.2) is 24.3 Å². The van der Waals surface area contributed by atoms with E-state index in [1.54, 1.807) is 24.3 Å². The molecule has 0 aromatic heterocycles. The summed E-state index contributed by atoms with van der Waals surface area (Å²) in [7, 11) is 2.55. The van der Waals surface area contributed by atoms with Crippen molar-refractivity contribution in [3.8, 4) is 0 Å². The number of likely N-dealkylation sites (tertiary alicyclic amines) is 1. The summed E-state index contributed by atoms with van der Waals surface area (Å²) in [4.78, 5) is 38.5. The lowest BCUT2D eigenvalue weighted by atomic mass is 9.79. The van der Waals surface area contributed by atoms with Gasteiger partial charge < -0.3 is 9.84 Å². The van der Waals surface area contributed by atoms with E-state index in [0.717, 1.165) is 4.90 Å². The molecule has 0 saturated carbocycles. The number of carbonyl (C=O) groups excluding carboxylic acids is 3. The minimum Gasteiger partial charge on any atom is -0.468 e. The molecule has 24 heavy (non-hydrogen) atoms. The van der Waals surface area contributed by atoms with E-state index in [1.165, 1.54) is 14.2 Å². The molecule has 128 valence electrons. The third kappa shape index (κ3) is 2.16. The summed E-state index contributed by atoms with van der Waals surface area (Å²) in [5, 5.41) is 13.4. The topological polar surface area (TPSA) is 95.9 Å². The van der Waals surface area contributed by atoms with Gasteiger partial charge in [-0.3, -0.25) is 19.8 Å². The molecule has 2 heterocycles. The van der Waals surface area contributed by atoms with Crippen LogP contribution in [-0.4, -0.2) is 54.1 Å². The molecular formula is C16H17ClN2O5. The van der Waals surface area contributed by atoms with Crippen molar-refractivity contribution in [1.29, 1.82) is 0 Å². The Morgan fingerprint density at radius 2 is 1.96 bits per heavy atom. The van der Waals surface area contributed by atoms with Crippen molar-refractivity contribution in [3.05, 3.63) is 34.9 Å². The van der Waals surface area contributed by atoms with Crippen molar-refractivity contribution in [2.75, 3.05) is 20.8 Å². The number of amides is 2. The third-order valence-corrected chi connectivity index (χ3v) is 5.15. The van der Waals surface area contributed by atoms with E-state index in [-0.39, 0.29) is 0 Å². The monoisotopic (exact) mass is 352 g/mol. The fraction of sp³-hybridized carbons (Fsp3) is 0.438. The minimum absolute atomic E-state index is 0.392. The van der Waals surface area contributed by atoms with Gasteiger partial charge in [-0.05, 0) is 17.7 Å². The van der Waals surface area contributed by atoms with E-state index in [1.807, 2.05) is 0 Å². The smallest absolute Gasteiger partial charge is 0.329 e. The number of aliphatic hydroxyl groups excluding tert-OH is 1. The molecule has 2 fully saturated rings. The number of rotatable bonds is 3. The number of carbonyl (C=O) groups is 3. The Labute approximate surface area is 143 Å². The standard InChI is InChI=1S/C16H17ClN2O5/c1-19-13(21)10-11(14(19)22)16(7-20,15(23)24-2)18-12(10)8-3-5-9(17)6-4-8/h3-6,10-12,18,20H,7H2,1-2H3/t10-,11+,12+,16-/m1/s1. The van der Waals surface area contributed by atoms with Gasteiger partial charge in [0.15, 0.2) is 5.54 Å². The number of halogens is 1. The first-order chi connectivity index (χ1) is 11.4. The zero-order valence-electron chi connectivity index (χ0n) is 13.2. The molecule has 2 amide bonds. The molecule has 0 radical (unpaired) electrons. The van der Waals surface area contributed by atoms with Crippen LogP contribution in [0, 0.1) is 11.8 Å². The van der Waals surface area contributed by atoms with Gasteiger partial charge in [0, 0.05) is 18.1 Å². The second-order valence-corrected chi connectivity index (χ2v) is 6.47. The van der Waals surface area contributed by atoms with Gasteiger partial charge in [0.05, 0.1) is 25.6 Å². The Kier molecular flexibility index (Phi) is 4.11. The summed E-state index contributed by atoms with van der Waals surface area (Å²) in [6.07, 6.45) is 0. The van der Waals surface area contributed by atoms with Gasteiger partial charge in [-0.15, -0.1) is 0 Å². The second kappa shape index (κ2) is 5.84. The van der Waals surface area contributed by atoms with Gasteiger partial charge in [0.25, 0.3) is 0 Å². The first kappa shape index (κ1) is 16.9. The number of fused-ring (bicyclic) bond motifs is 1. The molecule has 1 aromatic carbocycles. The fourth-order valence-electron chi connectivity index (χ4n) is 3.68. The highest BCUT2D eigenvalue weighted by Crippen LogP contribution is 2.48. The van der Waals surface area contributed by atoms with Crippen LogP contribution in [0.1, 0.15) is 11.6 Å². The van der Waals surface area contributed by atoms with E-state index in [0.29, 0.717) is 10.6 Å². The highest BCUT2D eigenvalue weighted by atomic mass is 35.5. The number of hydrogen-bond acceptors (Lipinski definition) is 6. The van der Waals surface area contributed by atoms with Crippen molar-refractivity contribution in [2.45, 2.75) is 11.6 Å². The fourth-order valence-corrected chi connectivity index (χ4v) is 3.81. The zero-order chi connectivity index (χ0) is 17.6. The number of ether oxygens (including phenoxy) is 1. The molecule has 2 saturated heterocycles. The normalized spacial score (nSPS) is 32.2. The average Bonchev–Trinajstić information content (AvgIpc) is 3.05. The second-order valence-electron chi connectivity index (χ2n) is 6.03. The van der Waals surface area contributed by atoms with Crippen molar-refractivity contribution in [1.82, 2.24) is 10.2 Å². The summed E-state index contributed by atoms with van der Waals surface area (Å²) in [6, 6.07) is 6.15. The minimum atomic E-state index is -1.65. The molecular weight excluding hydrogens is 336 g/mol. The zero-order valence-corrected chi connectivity index (χ0v) is 13.9. The van der Waals surface area contributed by atoms with Gasteiger partial charge in [-0.25, -0.2) is 4.79 Å². The molecule has 0 aliphatic carbocycles. The Morgan fingerprint density at radius 3 is 2.50 bits per heavy atom. The van der Waals surface area contributed by atoms with Crippen LogP contribution in [0.5, 0.6) is 0 Å². The Hall–Kier alpha value is -1.96. The summed E-state index contributed by atoms with van der Waals surface area (Å²) in [5.74, 6) is -3.49. The molecule has 3 rings (SSSR count). The lowest BCUT2D eigenvalue weighted by Gasteiger charge is -2.29. The third-order valence-electron chi connectivity index (χ3n) is 4.90. The number of hydrogen-bond donors (Lipinski definition) is 2. The summed E-state index contributed by atoms with van der Waals surface area (Å²) in [6.45, 7) is -0.655. The number of esters is 1. The first-order valence-electron chi connectivity index (χ1n) is 7.41. The van der Waals surface area contributed by atoms with Crippen LogP contribution >= 0.6 is 11.6 Å². The predicted octanol–water partition coefficient (Wildman–Crippen LogP) is 0.119. The number of aliphatic hydroxyl groups is 1. The lowest BCUT2D eigenvalue weighted by molar-refractivity contribution is -0.156. The van der Waals surface area contributed by atoms with Crippen LogP contribution in [0.4, 0.5) is 0 Å². The molecule has 1 aromatic rings. The molecule has 7 nitrogen and oxygen atoms in total. The number of nitrogens with zero attached hydrogens (tertiary/aromatic N) is 1. The molecule has 0 bridgehead atoms. The summed E-state index contributed by atoms with van der Waals surface area (Å²) >= 11 is 5.90. The number of methoxy groups -OCH3 is 1. The molecule has 2 aliphatic rings. The van der Waals surface area contributed by atoms with Gasteiger partial charge in [0.1, 0.15) is 0 Å². The molecule has 0 spiro atoms. The van der Waals surface area contributed by atoms with Crippen LogP contribution in [0.3, 0.4) is 0 Å². The maximum Gasteiger partial charge on any atom is 0.329 e. The van der Waals surface area contributed by atoms with E-state index in [9.17, 15) is 19.5 Å². The summed E-state index contributed by atoms with van der Waals surface area (Å²) < 4.78 is 4.79. The first-order valence-corrected chi connectivity index (χ1v) is 7.79. The SMILES string of the molecule is COC(=O)[C@]1(CO)N[C@@H](c2ccc(Cl)cc2)[C@@H]2C(=O)N(C)C(=O)[C@H]21. The van der Waals surface area contributed by atoms with E-state index in [2.05, 4.69) is 5.32 Å². The largest absolute Gasteiger partial charge is 0.468 e. The predicted molar refractivity (Wildman–Crippen MR) is 83.9 cm³/mol. The highest BCUT2D eigenvalue weighted by Gasteiger charge is 2.68. The maximum absolute atomic E-state index is 12.6. The van der Waals surface area contributed by atoms with Crippen LogP contribution in [-0.2, 0) is 19.1 Å². The highest BCUT2D eigenvalue weighted by molar-refractivity contribution is 6.30. The average molecular weight is 353 g/mol. The van der Waals surface area contributed by atoms with Gasteiger partial charge in [-0.1, -0.05) is 23.7 Å². The van der Waals surface area contributed by atoms with E-state index < -0.39 is 47.8 Å². The maximum atomic E-state index is 12.6.